The van der Waals surface area contributed by atoms with Crippen LogP contribution in [0.2, 0.25) is 0 Å². The molecule has 2 atom stereocenters. The highest BCUT2D eigenvalue weighted by Gasteiger charge is 2.32. The minimum absolute atomic E-state index is 0.171. The maximum Gasteiger partial charge on any atom is 0.325 e. The molecular weight excluding hydrogens is 242 g/mol. The van der Waals surface area contributed by atoms with E-state index in [0.29, 0.717) is 6.42 Å². The molecule has 0 saturated heterocycles. The number of nitrogens with two attached hydrogens (primary N) is 1. The summed E-state index contributed by atoms with van der Waals surface area (Å²) in [4.78, 5) is 11.5. The normalized spacial score (nSPS) is 15.5. The van der Waals surface area contributed by atoms with E-state index in [0.717, 1.165) is 16.9 Å². The molecule has 0 aliphatic carbocycles. The second-order valence-corrected chi connectivity index (χ2v) is 5.37. The van der Waals surface area contributed by atoms with Crippen LogP contribution in [0.4, 0.5) is 0 Å². The lowest BCUT2D eigenvalue weighted by Gasteiger charge is -2.25. The number of ether oxygens (including phenoxy) is 2. The van der Waals surface area contributed by atoms with Gasteiger partial charge in [-0.2, -0.15) is 0 Å². The lowest BCUT2D eigenvalue weighted by atomic mass is 9.96. The third-order valence-corrected chi connectivity index (χ3v) is 2.90. The largest absolute Gasteiger partial charge is 0.491 e. The van der Waals surface area contributed by atoms with Crippen molar-refractivity contribution in [3.63, 3.8) is 0 Å². The third kappa shape index (κ3) is 4.56. The molecule has 0 fully saturated rings. The Balaban J connectivity index is 2.69. The number of carbonyl (C=O) groups excluding carboxylic acids is 1. The van der Waals surface area contributed by atoms with Crippen LogP contribution in [0.3, 0.4) is 0 Å². The summed E-state index contributed by atoms with van der Waals surface area (Å²) >= 11 is 0. The van der Waals surface area contributed by atoms with Gasteiger partial charge in [0.15, 0.2) is 0 Å². The maximum absolute atomic E-state index is 11.5. The standard InChI is InChI=1S/C15H23NO3/c1-10-6-11(2)8-13(7-10)19-12(3)9-15(4,16)14(17)18-5/h6-8,12H,9,16H2,1-5H3. The number of carbonyl (C=O) groups is 1. The van der Waals surface area contributed by atoms with Gasteiger partial charge in [0.1, 0.15) is 11.3 Å². The van der Waals surface area contributed by atoms with Crippen molar-refractivity contribution in [3.8, 4) is 5.75 Å². The third-order valence-electron chi connectivity index (χ3n) is 2.90. The lowest BCUT2D eigenvalue weighted by Crippen LogP contribution is -2.48. The average Bonchev–Trinajstić information content (AvgIpc) is 2.25. The molecule has 1 aromatic carbocycles. The fourth-order valence-corrected chi connectivity index (χ4v) is 2.19. The van der Waals surface area contributed by atoms with Crippen LogP contribution >= 0.6 is 0 Å². The molecule has 0 spiro atoms. The second kappa shape index (κ2) is 6.06. The van der Waals surface area contributed by atoms with Crippen LogP contribution in [0.5, 0.6) is 5.75 Å². The molecule has 106 valence electrons. The van der Waals surface area contributed by atoms with Crippen LogP contribution < -0.4 is 10.5 Å². The Morgan fingerprint density at radius 1 is 1.32 bits per heavy atom. The molecule has 2 unspecified atom stereocenters. The summed E-state index contributed by atoms with van der Waals surface area (Å²) in [6.45, 7) is 7.59. The topological polar surface area (TPSA) is 61.5 Å². The quantitative estimate of drug-likeness (QED) is 0.830. The number of benzene rings is 1. The molecule has 0 aliphatic rings. The molecule has 19 heavy (non-hydrogen) atoms. The van der Waals surface area contributed by atoms with Gasteiger partial charge in [0, 0.05) is 6.42 Å². The number of rotatable bonds is 5. The molecule has 0 heterocycles. The Labute approximate surface area is 114 Å². The van der Waals surface area contributed by atoms with Gasteiger partial charge in [-0.15, -0.1) is 0 Å². The van der Waals surface area contributed by atoms with E-state index in [1.54, 1.807) is 6.92 Å². The summed E-state index contributed by atoms with van der Waals surface area (Å²) in [5.74, 6) is 0.369. The van der Waals surface area contributed by atoms with E-state index in [2.05, 4.69) is 10.8 Å². The van der Waals surface area contributed by atoms with Gasteiger partial charge in [0.2, 0.25) is 0 Å². The van der Waals surface area contributed by atoms with E-state index >= 15 is 0 Å². The van der Waals surface area contributed by atoms with Crippen molar-refractivity contribution in [1.29, 1.82) is 0 Å². The molecule has 4 heteroatoms. The van der Waals surface area contributed by atoms with Crippen LogP contribution in [-0.4, -0.2) is 24.7 Å². The molecule has 1 aromatic rings. The fourth-order valence-electron chi connectivity index (χ4n) is 2.19. The minimum Gasteiger partial charge on any atom is -0.491 e. The first-order chi connectivity index (χ1) is 8.74. The molecule has 0 bridgehead atoms. The Hall–Kier alpha value is -1.55. The summed E-state index contributed by atoms with van der Waals surface area (Å²) in [7, 11) is 1.34. The van der Waals surface area contributed by atoms with Gasteiger partial charge >= 0.3 is 5.97 Å². The number of methoxy groups -OCH3 is 1. The van der Waals surface area contributed by atoms with E-state index in [1.807, 2.05) is 32.9 Å². The van der Waals surface area contributed by atoms with Gasteiger partial charge in [-0.25, -0.2) is 0 Å². The molecule has 0 aromatic heterocycles. The van der Waals surface area contributed by atoms with E-state index in [-0.39, 0.29) is 6.10 Å². The molecule has 1 rings (SSSR count). The summed E-state index contributed by atoms with van der Waals surface area (Å²) in [5.41, 5.74) is 7.18. The predicted molar refractivity (Wildman–Crippen MR) is 75.2 cm³/mol. The highest BCUT2D eigenvalue weighted by Crippen LogP contribution is 2.20. The number of hydrogen-bond donors (Lipinski definition) is 1. The summed E-state index contributed by atoms with van der Waals surface area (Å²) in [6, 6.07) is 6.02. The lowest BCUT2D eigenvalue weighted by molar-refractivity contribution is -0.147. The van der Waals surface area contributed by atoms with Crippen molar-refractivity contribution < 1.29 is 14.3 Å². The van der Waals surface area contributed by atoms with Gasteiger partial charge in [-0.05, 0) is 51.0 Å². The summed E-state index contributed by atoms with van der Waals surface area (Å²) in [6.07, 6.45) is 0.224. The molecule has 2 N–H and O–H groups in total. The molecule has 0 amide bonds. The molecular formula is C15H23NO3. The first-order valence-electron chi connectivity index (χ1n) is 6.37. The van der Waals surface area contributed by atoms with Gasteiger partial charge in [0.05, 0.1) is 13.2 Å². The Morgan fingerprint density at radius 3 is 2.32 bits per heavy atom. The van der Waals surface area contributed by atoms with Crippen LogP contribution in [0.15, 0.2) is 18.2 Å². The first kappa shape index (κ1) is 15.5. The van der Waals surface area contributed by atoms with Gasteiger partial charge in [0.25, 0.3) is 0 Å². The summed E-state index contributed by atoms with van der Waals surface area (Å²) in [5, 5.41) is 0. The van der Waals surface area contributed by atoms with Crippen molar-refractivity contribution in [2.75, 3.05) is 7.11 Å². The second-order valence-electron chi connectivity index (χ2n) is 5.37. The Morgan fingerprint density at radius 2 is 1.84 bits per heavy atom. The van der Waals surface area contributed by atoms with Crippen LogP contribution in [0.1, 0.15) is 31.4 Å². The van der Waals surface area contributed by atoms with Crippen molar-refractivity contribution >= 4 is 5.97 Å². The zero-order valence-electron chi connectivity index (χ0n) is 12.3. The highest BCUT2D eigenvalue weighted by molar-refractivity contribution is 5.79. The first-order valence-corrected chi connectivity index (χ1v) is 6.37. The van der Waals surface area contributed by atoms with Crippen molar-refractivity contribution in [3.05, 3.63) is 29.3 Å². The van der Waals surface area contributed by atoms with Gasteiger partial charge in [-0.1, -0.05) is 6.07 Å². The fraction of sp³-hybridized carbons (Fsp3) is 0.533. The SMILES string of the molecule is COC(=O)C(C)(N)CC(C)Oc1cc(C)cc(C)c1. The number of esters is 1. The molecule has 0 aliphatic heterocycles. The Kier molecular flexibility index (Phi) is 4.95. The van der Waals surface area contributed by atoms with Gasteiger partial charge < -0.3 is 15.2 Å². The van der Waals surface area contributed by atoms with Crippen molar-refractivity contribution in [1.82, 2.24) is 0 Å². The van der Waals surface area contributed by atoms with E-state index in [9.17, 15) is 4.79 Å². The van der Waals surface area contributed by atoms with Crippen molar-refractivity contribution in [2.24, 2.45) is 5.73 Å². The predicted octanol–water partition coefficient (Wildman–Crippen LogP) is 2.35. The summed E-state index contributed by atoms with van der Waals surface area (Å²) < 4.78 is 10.5. The smallest absolute Gasteiger partial charge is 0.325 e. The minimum atomic E-state index is -1.03. The monoisotopic (exact) mass is 265 g/mol. The van der Waals surface area contributed by atoms with E-state index < -0.39 is 11.5 Å². The average molecular weight is 265 g/mol. The van der Waals surface area contributed by atoms with Gasteiger partial charge in [-0.3, -0.25) is 4.79 Å². The van der Waals surface area contributed by atoms with Crippen LogP contribution in [-0.2, 0) is 9.53 Å². The highest BCUT2D eigenvalue weighted by atomic mass is 16.5. The molecule has 4 nitrogen and oxygen atoms in total. The van der Waals surface area contributed by atoms with Crippen molar-refractivity contribution in [2.45, 2.75) is 45.8 Å². The van der Waals surface area contributed by atoms with E-state index in [4.69, 9.17) is 10.5 Å². The van der Waals surface area contributed by atoms with E-state index in [1.165, 1.54) is 7.11 Å². The zero-order chi connectivity index (χ0) is 14.6. The number of hydrogen-bond acceptors (Lipinski definition) is 4. The number of aryl methyl sites for hydroxylation is 2. The zero-order valence-corrected chi connectivity index (χ0v) is 12.3. The Bertz CT molecular complexity index is 434. The molecule has 0 radical (unpaired) electrons. The van der Waals surface area contributed by atoms with Crippen LogP contribution in [0.25, 0.3) is 0 Å². The molecule has 0 saturated carbocycles. The maximum atomic E-state index is 11.5. The van der Waals surface area contributed by atoms with Crippen LogP contribution in [0, 0.1) is 13.8 Å².